The Balaban J connectivity index is 4.25. The number of nitriles is 1. The van der Waals surface area contributed by atoms with Crippen molar-refractivity contribution < 1.29 is 9.72 Å². The summed E-state index contributed by atoms with van der Waals surface area (Å²) < 4.78 is 0. The van der Waals surface area contributed by atoms with Gasteiger partial charge in [-0.25, -0.2) is 4.79 Å². The Labute approximate surface area is 67.8 Å². The summed E-state index contributed by atoms with van der Waals surface area (Å²) in [5.74, 6) is 0. The standard InChI is InChI=1S/C5H6N4O3/c1-7-5(10)8-3-4(2-6)9(11)12/h3H,1H3,(H2,7,8,10)/b4-3-. The van der Waals surface area contributed by atoms with Crippen LogP contribution in [0.3, 0.4) is 0 Å². The van der Waals surface area contributed by atoms with Crippen molar-refractivity contribution in [2.45, 2.75) is 0 Å². The first kappa shape index (κ1) is 9.90. The lowest BCUT2D eigenvalue weighted by molar-refractivity contribution is -0.417. The van der Waals surface area contributed by atoms with E-state index in [-0.39, 0.29) is 0 Å². The molecule has 0 aliphatic rings. The van der Waals surface area contributed by atoms with Gasteiger partial charge in [0.2, 0.25) is 0 Å². The van der Waals surface area contributed by atoms with Crippen molar-refractivity contribution in [2.24, 2.45) is 0 Å². The van der Waals surface area contributed by atoms with Gasteiger partial charge in [-0.3, -0.25) is 10.1 Å². The maximum atomic E-state index is 10.5. The summed E-state index contributed by atoms with van der Waals surface area (Å²) in [6.07, 6.45) is 0.721. The van der Waals surface area contributed by atoms with E-state index in [1.165, 1.54) is 13.1 Å². The third kappa shape index (κ3) is 3.17. The fourth-order valence-electron chi connectivity index (χ4n) is 0.332. The second-order valence-electron chi connectivity index (χ2n) is 1.62. The molecule has 7 nitrogen and oxygen atoms in total. The van der Waals surface area contributed by atoms with E-state index < -0.39 is 16.7 Å². The van der Waals surface area contributed by atoms with E-state index >= 15 is 0 Å². The molecule has 2 N–H and O–H groups in total. The molecule has 2 amide bonds. The molecule has 0 aliphatic heterocycles. The van der Waals surface area contributed by atoms with Crippen molar-refractivity contribution in [1.82, 2.24) is 10.6 Å². The fourth-order valence-corrected chi connectivity index (χ4v) is 0.332. The van der Waals surface area contributed by atoms with Gasteiger partial charge in [0.1, 0.15) is 0 Å². The van der Waals surface area contributed by atoms with Gasteiger partial charge in [0, 0.05) is 7.05 Å². The van der Waals surface area contributed by atoms with Crippen molar-refractivity contribution in [2.75, 3.05) is 7.05 Å². The molecule has 0 fully saturated rings. The molecule has 0 spiro atoms. The van der Waals surface area contributed by atoms with Crippen LogP contribution in [0, 0.1) is 21.4 Å². The number of carbonyl (C=O) groups excluding carboxylic acids is 1. The molecule has 0 saturated heterocycles. The van der Waals surface area contributed by atoms with Gasteiger partial charge in [0.15, 0.2) is 6.07 Å². The SMILES string of the molecule is CNC(=O)N/C=C(/C#N)[N+](=O)[O-]. The number of nitrogens with one attached hydrogen (secondary N) is 2. The number of nitrogens with zero attached hydrogens (tertiary/aromatic N) is 2. The molecule has 0 aromatic rings. The number of nitro groups is 1. The van der Waals surface area contributed by atoms with Gasteiger partial charge in [0.25, 0.3) is 0 Å². The van der Waals surface area contributed by atoms with E-state index in [0.717, 1.165) is 6.20 Å². The lowest BCUT2D eigenvalue weighted by atomic mass is 10.5. The fraction of sp³-hybridized carbons (Fsp3) is 0.200. The zero-order chi connectivity index (χ0) is 9.56. The topological polar surface area (TPSA) is 108 Å². The number of amides is 2. The number of rotatable bonds is 2. The molecular weight excluding hydrogens is 164 g/mol. The summed E-state index contributed by atoms with van der Waals surface area (Å²) in [6.45, 7) is 0. The third-order valence-electron chi connectivity index (χ3n) is 0.878. The van der Waals surface area contributed by atoms with Crippen LogP contribution in [0.4, 0.5) is 4.79 Å². The molecular formula is C5H6N4O3. The number of urea groups is 1. The molecule has 64 valence electrons. The highest BCUT2D eigenvalue weighted by molar-refractivity contribution is 5.74. The van der Waals surface area contributed by atoms with Crippen LogP contribution in [0.25, 0.3) is 0 Å². The van der Waals surface area contributed by atoms with Gasteiger partial charge in [-0.05, 0) is 0 Å². The van der Waals surface area contributed by atoms with E-state index in [4.69, 9.17) is 5.26 Å². The summed E-state index contributed by atoms with van der Waals surface area (Å²) in [6, 6.07) is 0.680. The summed E-state index contributed by atoms with van der Waals surface area (Å²) in [5, 5.41) is 22.3. The third-order valence-corrected chi connectivity index (χ3v) is 0.878. The lowest BCUT2D eigenvalue weighted by Crippen LogP contribution is -2.29. The predicted molar refractivity (Wildman–Crippen MR) is 38.3 cm³/mol. The minimum Gasteiger partial charge on any atom is -0.341 e. The van der Waals surface area contributed by atoms with Crippen LogP contribution >= 0.6 is 0 Å². The van der Waals surface area contributed by atoms with Crippen molar-refractivity contribution in [1.29, 1.82) is 5.26 Å². The monoisotopic (exact) mass is 170 g/mol. The molecule has 0 saturated carbocycles. The largest absolute Gasteiger partial charge is 0.361 e. The number of allylic oxidation sites excluding steroid dienone is 1. The van der Waals surface area contributed by atoms with Crippen LogP contribution in [-0.2, 0) is 0 Å². The predicted octanol–water partition coefficient (Wildman–Crippen LogP) is -0.443. The first-order chi connectivity index (χ1) is 5.61. The molecule has 7 heteroatoms. The average molecular weight is 170 g/mol. The Bertz CT molecular complexity index is 264. The van der Waals surface area contributed by atoms with Crippen LogP contribution in [-0.4, -0.2) is 18.0 Å². The van der Waals surface area contributed by atoms with E-state index in [9.17, 15) is 14.9 Å². The van der Waals surface area contributed by atoms with Crippen LogP contribution in [0.1, 0.15) is 0 Å². The Kier molecular flexibility index (Phi) is 3.86. The van der Waals surface area contributed by atoms with Crippen LogP contribution < -0.4 is 10.6 Å². The minimum atomic E-state index is -0.893. The van der Waals surface area contributed by atoms with Crippen molar-refractivity contribution in [3.8, 4) is 6.07 Å². The minimum absolute atomic E-state index is 0.621. The first-order valence-electron chi connectivity index (χ1n) is 2.84. The first-order valence-corrected chi connectivity index (χ1v) is 2.84. The van der Waals surface area contributed by atoms with Crippen LogP contribution in [0.2, 0.25) is 0 Å². The lowest BCUT2D eigenvalue weighted by Gasteiger charge is -1.94. The molecule has 0 atom stereocenters. The molecule has 0 rings (SSSR count). The van der Waals surface area contributed by atoms with E-state index in [1.54, 1.807) is 0 Å². The number of carbonyl (C=O) groups is 1. The quantitative estimate of drug-likeness (QED) is 0.332. The molecule has 0 radical (unpaired) electrons. The zero-order valence-electron chi connectivity index (χ0n) is 6.20. The van der Waals surface area contributed by atoms with E-state index in [1.807, 2.05) is 5.32 Å². The summed E-state index contributed by atoms with van der Waals surface area (Å²) in [5.41, 5.74) is -0.724. The Morgan fingerprint density at radius 3 is 2.67 bits per heavy atom. The Morgan fingerprint density at radius 2 is 2.33 bits per heavy atom. The van der Waals surface area contributed by atoms with Crippen molar-refractivity contribution in [3.63, 3.8) is 0 Å². The molecule has 12 heavy (non-hydrogen) atoms. The Morgan fingerprint density at radius 1 is 1.75 bits per heavy atom. The second kappa shape index (κ2) is 4.68. The van der Waals surface area contributed by atoms with Gasteiger partial charge in [0.05, 0.1) is 11.1 Å². The maximum absolute atomic E-state index is 10.5. The van der Waals surface area contributed by atoms with Crippen molar-refractivity contribution >= 4 is 6.03 Å². The van der Waals surface area contributed by atoms with Crippen molar-refractivity contribution in [3.05, 3.63) is 22.0 Å². The highest BCUT2D eigenvalue weighted by atomic mass is 16.6. The average Bonchev–Trinajstić information content (AvgIpc) is 2.04. The molecule has 0 aliphatic carbocycles. The van der Waals surface area contributed by atoms with E-state index in [0.29, 0.717) is 0 Å². The molecule has 0 aromatic carbocycles. The summed E-state index contributed by atoms with van der Waals surface area (Å²) in [4.78, 5) is 19.5. The zero-order valence-corrected chi connectivity index (χ0v) is 6.20. The van der Waals surface area contributed by atoms with E-state index in [2.05, 4.69) is 5.32 Å². The van der Waals surface area contributed by atoms with Crippen LogP contribution in [0.5, 0.6) is 0 Å². The molecule has 0 unspecified atom stereocenters. The van der Waals surface area contributed by atoms with Gasteiger partial charge in [-0.2, -0.15) is 5.26 Å². The van der Waals surface area contributed by atoms with Gasteiger partial charge >= 0.3 is 11.7 Å². The second-order valence-corrected chi connectivity index (χ2v) is 1.62. The van der Waals surface area contributed by atoms with Crippen LogP contribution in [0.15, 0.2) is 11.9 Å². The molecule has 0 aromatic heterocycles. The Hall–Kier alpha value is -2.10. The maximum Gasteiger partial charge on any atom is 0.361 e. The molecule has 0 heterocycles. The normalized spacial score (nSPS) is 9.83. The summed E-state index contributed by atoms with van der Waals surface area (Å²) >= 11 is 0. The number of hydrogen-bond acceptors (Lipinski definition) is 4. The number of hydrogen-bond donors (Lipinski definition) is 2. The van der Waals surface area contributed by atoms with Gasteiger partial charge in [-0.1, -0.05) is 0 Å². The highest BCUT2D eigenvalue weighted by Gasteiger charge is 2.08. The highest BCUT2D eigenvalue weighted by Crippen LogP contribution is 1.88. The smallest absolute Gasteiger partial charge is 0.341 e. The molecule has 0 bridgehead atoms. The van der Waals surface area contributed by atoms with Gasteiger partial charge < -0.3 is 10.6 Å². The summed E-state index contributed by atoms with van der Waals surface area (Å²) in [7, 11) is 1.35. The van der Waals surface area contributed by atoms with Gasteiger partial charge in [-0.15, -0.1) is 0 Å².